The molecule has 1 N–H and O–H groups in total. The number of hydrogen-bond donors (Lipinski definition) is 1. The minimum absolute atomic E-state index is 0.00244. The third-order valence-corrected chi connectivity index (χ3v) is 3.05. The Morgan fingerprint density at radius 1 is 1.20 bits per heavy atom. The highest BCUT2D eigenvalue weighted by Gasteiger charge is 2.34. The average molecular weight is 363 g/mol. The van der Waals surface area contributed by atoms with E-state index in [9.17, 15) is 27.9 Å². The van der Waals surface area contributed by atoms with E-state index in [0.29, 0.717) is 0 Å². The first-order valence-corrected chi connectivity index (χ1v) is 7.32. The fourth-order valence-corrected chi connectivity index (χ4v) is 1.96. The van der Waals surface area contributed by atoms with Gasteiger partial charge in [0.1, 0.15) is 17.4 Å². The van der Waals surface area contributed by atoms with Gasteiger partial charge in [-0.05, 0) is 32.4 Å². The molecule has 1 atom stereocenters. The van der Waals surface area contributed by atoms with E-state index >= 15 is 0 Å². The molecule has 0 spiro atoms. The van der Waals surface area contributed by atoms with Crippen LogP contribution in [-0.4, -0.2) is 47.1 Å². The summed E-state index contributed by atoms with van der Waals surface area (Å²) in [4.78, 5) is 24.4. The number of rotatable bonds is 5. The van der Waals surface area contributed by atoms with Crippen molar-refractivity contribution < 1.29 is 37.3 Å². The van der Waals surface area contributed by atoms with Crippen LogP contribution in [0.1, 0.15) is 26.3 Å². The molecule has 25 heavy (non-hydrogen) atoms. The Balaban J connectivity index is 3.03. The molecular formula is C16H20F3NO5. The maximum Gasteiger partial charge on any atom is 0.573 e. The molecule has 0 saturated carbocycles. The van der Waals surface area contributed by atoms with Gasteiger partial charge in [-0.25, -0.2) is 9.59 Å². The minimum atomic E-state index is -4.91. The first-order chi connectivity index (χ1) is 11.3. The summed E-state index contributed by atoms with van der Waals surface area (Å²) in [6, 6.07) is 3.74. The van der Waals surface area contributed by atoms with E-state index in [1.165, 1.54) is 25.2 Å². The van der Waals surface area contributed by atoms with E-state index in [1.54, 1.807) is 20.8 Å². The van der Waals surface area contributed by atoms with Crippen LogP contribution in [0.2, 0.25) is 0 Å². The summed E-state index contributed by atoms with van der Waals surface area (Å²) in [6.07, 6.45) is -6.18. The molecule has 0 radical (unpaired) electrons. The van der Waals surface area contributed by atoms with E-state index < -0.39 is 35.8 Å². The van der Waals surface area contributed by atoms with Crippen molar-refractivity contribution in [3.63, 3.8) is 0 Å². The van der Waals surface area contributed by atoms with Crippen LogP contribution >= 0.6 is 0 Å². The molecule has 1 aromatic rings. The van der Waals surface area contributed by atoms with Crippen molar-refractivity contribution in [3.8, 4) is 5.75 Å². The second-order valence-electron chi connectivity index (χ2n) is 6.30. The average Bonchev–Trinajstić information content (AvgIpc) is 2.41. The first kappa shape index (κ1) is 20.6. The molecule has 1 unspecified atom stereocenters. The molecule has 140 valence electrons. The largest absolute Gasteiger partial charge is 0.573 e. The van der Waals surface area contributed by atoms with Gasteiger partial charge >= 0.3 is 18.4 Å². The maximum absolute atomic E-state index is 12.5. The number of carboxylic acids is 1. The first-order valence-electron chi connectivity index (χ1n) is 7.32. The molecule has 0 aliphatic heterocycles. The Morgan fingerprint density at radius 2 is 1.76 bits per heavy atom. The second kappa shape index (κ2) is 7.62. The molecule has 0 aromatic heterocycles. The maximum atomic E-state index is 12.5. The van der Waals surface area contributed by atoms with E-state index in [-0.39, 0.29) is 12.0 Å². The van der Waals surface area contributed by atoms with E-state index in [2.05, 4.69) is 4.74 Å². The van der Waals surface area contributed by atoms with Crippen LogP contribution in [0.25, 0.3) is 0 Å². The lowest BCUT2D eigenvalue weighted by atomic mass is 10.0. The molecule has 0 fully saturated rings. The smallest absolute Gasteiger partial charge is 0.480 e. The minimum Gasteiger partial charge on any atom is -0.480 e. The fourth-order valence-electron chi connectivity index (χ4n) is 1.96. The van der Waals surface area contributed by atoms with Crippen LogP contribution in [-0.2, 0) is 16.0 Å². The summed E-state index contributed by atoms with van der Waals surface area (Å²) in [6.45, 7) is 4.84. The van der Waals surface area contributed by atoms with E-state index in [4.69, 9.17) is 4.74 Å². The highest BCUT2D eigenvalue weighted by Crippen LogP contribution is 2.28. The quantitative estimate of drug-likeness (QED) is 0.867. The lowest BCUT2D eigenvalue weighted by molar-refractivity contribution is -0.274. The predicted octanol–water partition coefficient (Wildman–Crippen LogP) is 3.45. The number of likely N-dealkylation sites (N-methyl/N-ethyl adjacent to an activating group) is 1. The van der Waals surface area contributed by atoms with Crippen LogP contribution in [0.15, 0.2) is 24.3 Å². The third-order valence-electron chi connectivity index (χ3n) is 3.05. The molecule has 9 heteroatoms. The standard InChI is InChI=1S/C16H20F3NO5/c1-15(2,3)25-14(23)20(4)11(13(21)22)9-10-7-5-6-8-12(10)24-16(17,18)19/h5-8,11H,9H2,1-4H3,(H,21,22). The number of carbonyl (C=O) groups excluding carboxylic acids is 1. The molecular weight excluding hydrogens is 343 g/mol. The highest BCUT2D eigenvalue weighted by atomic mass is 19.4. The van der Waals surface area contributed by atoms with Crippen LogP contribution < -0.4 is 4.74 Å². The normalized spacial score (nSPS) is 13.1. The number of carbonyl (C=O) groups is 2. The van der Waals surface area contributed by atoms with Gasteiger partial charge in [0.25, 0.3) is 0 Å². The summed E-state index contributed by atoms with van der Waals surface area (Å²) in [5.41, 5.74) is -0.839. The number of benzene rings is 1. The molecule has 6 nitrogen and oxygen atoms in total. The summed E-state index contributed by atoms with van der Waals surface area (Å²) in [7, 11) is 1.21. The zero-order valence-corrected chi connectivity index (χ0v) is 14.3. The number of hydrogen-bond acceptors (Lipinski definition) is 4. The molecule has 0 aliphatic rings. The van der Waals surface area contributed by atoms with Gasteiger partial charge in [-0.3, -0.25) is 4.90 Å². The van der Waals surface area contributed by atoms with Gasteiger partial charge in [0.05, 0.1) is 0 Å². The van der Waals surface area contributed by atoms with Crippen molar-refractivity contribution >= 4 is 12.1 Å². The van der Waals surface area contributed by atoms with Crippen molar-refractivity contribution in [1.29, 1.82) is 0 Å². The topological polar surface area (TPSA) is 76.1 Å². The molecule has 1 rings (SSSR count). The highest BCUT2D eigenvalue weighted by molar-refractivity contribution is 5.80. The second-order valence-corrected chi connectivity index (χ2v) is 6.30. The van der Waals surface area contributed by atoms with Crippen molar-refractivity contribution in [3.05, 3.63) is 29.8 Å². The molecule has 1 aromatic carbocycles. The molecule has 0 saturated heterocycles. The van der Waals surface area contributed by atoms with Crippen LogP contribution in [0.5, 0.6) is 5.75 Å². The lowest BCUT2D eigenvalue weighted by Gasteiger charge is -2.29. The lowest BCUT2D eigenvalue weighted by Crippen LogP contribution is -2.46. The number of amides is 1. The Labute approximate surface area is 143 Å². The summed E-state index contributed by atoms with van der Waals surface area (Å²) < 4.78 is 46.4. The van der Waals surface area contributed by atoms with E-state index in [1.807, 2.05) is 0 Å². The van der Waals surface area contributed by atoms with Gasteiger partial charge in [-0.1, -0.05) is 18.2 Å². The number of nitrogens with zero attached hydrogens (tertiary/aromatic N) is 1. The Morgan fingerprint density at radius 3 is 2.24 bits per heavy atom. The Hall–Kier alpha value is -2.45. The van der Waals surface area contributed by atoms with Crippen molar-refractivity contribution in [2.75, 3.05) is 7.05 Å². The Bertz CT molecular complexity index is 625. The SMILES string of the molecule is CN(C(=O)OC(C)(C)C)C(Cc1ccccc1OC(F)(F)F)C(=O)O. The van der Waals surface area contributed by atoms with Crippen LogP contribution in [0.4, 0.5) is 18.0 Å². The van der Waals surface area contributed by atoms with Crippen LogP contribution in [0.3, 0.4) is 0 Å². The van der Waals surface area contributed by atoms with Crippen molar-refractivity contribution in [2.45, 2.75) is 45.2 Å². The summed E-state index contributed by atoms with van der Waals surface area (Å²) >= 11 is 0. The number of ether oxygens (including phenoxy) is 2. The number of carboxylic acid groups (broad SMARTS) is 1. The summed E-state index contributed by atoms with van der Waals surface area (Å²) in [5, 5.41) is 9.36. The zero-order valence-electron chi connectivity index (χ0n) is 14.3. The fraction of sp³-hybridized carbons (Fsp3) is 0.500. The van der Waals surface area contributed by atoms with Crippen molar-refractivity contribution in [2.24, 2.45) is 0 Å². The van der Waals surface area contributed by atoms with Gasteiger partial charge in [0.15, 0.2) is 0 Å². The number of aliphatic carboxylic acids is 1. The van der Waals surface area contributed by atoms with Gasteiger partial charge in [-0.2, -0.15) is 0 Å². The predicted molar refractivity (Wildman–Crippen MR) is 82.2 cm³/mol. The van der Waals surface area contributed by atoms with Gasteiger partial charge in [-0.15, -0.1) is 13.2 Å². The molecule has 0 aliphatic carbocycles. The van der Waals surface area contributed by atoms with Crippen molar-refractivity contribution in [1.82, 2.24) is 4.90 Å². The van der Waals surface area contributed by atoms with Gasteiger partial charge in [0, 0.05) is 13.5 Å². The van der Waals surface area contributed by atoms with E-state index in [0.717, 1.165) is 11.0 Å². The number of alkyl halides is 3. The Kier molecular flexibility index (Phi) is 6.28. The summed E-state index contributed by atoms with van der Waals surface area (Å²) in [5.74, 6) is -1.89. The van der Waals surface area contributed by atoms with Crippen LogP contribution in [0, 0.1) is 0 Å². The molecule has 0 heterocycles. The third kappa shape index (κ3) is 6.90. The molecule has 0 bridgehead atoms. The van der Waals surface area contributed by atoms with Gasteiger partial charge < -0.3 is 14.6 Å². The molecule has 1 amide bonds. The zero-order chi connectivity index (χ0) is 19.4. The number of para-hydroxylation sites is 1. The number of halogens is 3. The van der Waals surface area contributed by atoms with Gasteiger partial charge in [0.2, 0.25) is 0 Å². The monoisotopic (exact) mass is 363 g/mol.